The van der Waals surface area contributed by atoms with E-state index in [2.05, 4.69) is 0 Å². The van der Waals surface area contributed by atoms with Gasteiger partial charge in [-0.2, -0.15) is 0 Å². The molecule has 0 saturated carbocycles. The SMILES string of the molecule is CC(=N)[C@H]1C(=O)C=C(C)OC1=O. The summed E-state index contributed by atoms with van der Waals surface area (Å²) in [6.07, 6.45) is 1.24. The molecule has 1 rings (SSSR count). The Morgan fingerprint density at radius 1 is 1.58 bits per heavy atom. The number of carbonyl (C=O) groups excluding carboxylic acids is 2. The summed E-state index contributed by atoms with van der Waals surface area (Å²) in [5.74, 6) is -1.74. The fourth-order valence-electron chi connectivity index (χ4n) is 1.04. The van der Waals surface area contributed by atoms with Gasteiger partial charge in [0.1, 0.15) is 5.76 Å². The van der Waals surface area contributed by atoms with Crippen molar-refractivity contribution in [1.29, 1.82) is 5.41 Å². The van der Waals surface area contributed by atoms with Crippen LogP contribution in [-0.2, 0) is 14.3 Å². The van der Waals surface area contributed by atoms with E-state index in [-0.39, 0.29) is 11.5 Å². The Kier molecular flexibility index (Phi) is 2.08. The van der Waals surface area contributed by atoms with Gasteiger partial charge in [-0.3, -0.25) is 9.59 Å². The van der Waals surface area contributed by atoms with E-state index in [9.17, 15) is 9.59 Å². The molecule has 0 fully saturated rings. The predicted octanol–water partition coefficient (Wildman–Crippen LogP) is 0.672. The predicted molar refractivity (Wildman–Crippen MR) is 41.7 cm³/mol. The summed E-state index contributed by atoms with van der Waals surface area (Å²) < 4.78 is 4.69. The molecule has 0 amide bonds. The highest BCUT2D eigenvalue weighted by molar-refractivity contribution is 6.22. The number of ketones is 1. The maximum Gasteiger partial charge on any atom is 0.327 e. The molecule has 0 saturated heterocycles. The average molecular weight is 167 g/mol. The molecule has 0 aliphatic carbocycles. The molecule has 1 aliphatic heterocycles. The van der Waals surface area contributed by atoms with Gasteiger partial charge in [-0.15, -0.1) is 0 Å². The van der Waals surface area contributed by atoms with Crippen LogP contribution >= 0.6 is 0 Å². The largest absolute Gasteiger partial charge is 0.430 e. The molecule has 0 radical (unpaired) electrons. The number of esters is 1. The molecule has 0 spiro atoms. The topological polar surface area (TPSA) is 67.2 Å². The molecule has 4 heteroatoms. The first-order valence-corrected chi connectivity index (χ1v) is 3.51. The van der Waals surface area contributed by atoms with Crippen molar-refractivity contribution < 1.29 is 14.3 Å². The first kappa shape index (κ1) is 8.64. The van der Waals surface area contributed by atoms with Crippen molar-refractivity contribution in [1.82, 2.24) is 0 Å². The number of cyclic esters (lactones) is 1. The van der Waals surface area contributed by atoms with Gasteiger partial charge in [0.25, 0.3) is 0 Å². The molecule has 1 atom stereocenters. The zero-order chi connectivity index (χ0) is 9.30. The molecule has 1 N–H and O–H groups in total. The fraction of sp³-hybridized carbons (Fsp3) is 0.375. The van der Waals surface area contributed by atoms with Crippen molar-refractivity contribution in [3.63, 3.8) is 0 Å². The summed E-state index contributed by atoms with van der Waals surface area (Å²) >= 11 is 0. The third-order valence-electron chi connectivity index (χ3n) is 1.56. The molecule has 0 aromatic carbocycles. The van der Waals surface area contributed by atoms with Gasteiger partial charge in [0.05, 0.1) is 0 Å². The normalized spacial score (nSPS) is 23.2. The first-order chi connectivity index (χ1) is 5.52. The van der Waals surface area contributed by atoms with E-state index in [0.29, 0.717) is 5.76 Å². The van der Waals surface area contributed by atoms with Crippen LogP contribution < -0.4 is 0 Å². The summed E-state index contributed by atoms with van der Waals surface area (Å²) in [5.41, 5.74) is 0.0220. The van der Waals surface area contributed by atoms with Crippen LogP contribution in [0.15, 0.2) is 11.8 Å². The Balaban J connectivity index is 2.98. The lowest BCUT2D eigenvalue weighted by molar-refractivity contribution is -0.146. The second kappa shape index (κ2) is 2.89. The van der Waals surface area contributed by atoms with Crippen LogP contribution in [-0.4, -0.2) is 17.5 Å². The number of nitrogens with one attached hydrogen (secondary N) is 1. The van der Waals surface area contributed by atoms with E-state index < -0.39 is 11.9 Å². The van der Waals surface area contributed by atoms with Crippen LogP contribution in [0, 0.1) is 11.3 Å². The first-order valence-electron chi connectivity index (χ1n) is 3.51. The maximum absolute atomic E-state index is 11.1. The van der Waals surface area contributed by atoms with E-state index in [1.807, 2.05) is 0 Å². The molecule has 12 heavy (non-hydrogen) atoms. The lowest BCUT2D eigenvalue weighted by Gasteiger charge is -2.16. The molecule has 1 heterocycles. The molecule has 0 bridgehead atoms. The second-order valence-electron chi connectivity index (χ2n) is 2.69. The second-order valence-corrected chi connectivity index (χ2v) is 2.69. The van der Waals surface area contributed by atoms with Crippen LogP contribution in [0.2, 0.25) is 0 Å². The van der Waals surface area contributed by atoms with Gasteiger partial charge >= 0.3 is 5.97 Å². The number of carbonyl (C=O) groups is 2. The van der Waals surface area contributed by atoms with Gasteiger partial charge < -0.3 is 10.1 Å². The van der Waals surface area contributed by atoms with Crippen molar-refractivity contribution in [2.45, 2.75) is 13.8 Å². The van der Waals surface area contributed by atoms with Gasteiger partial charge in [-0.25, -0.2) is 0 Å². The molecule has 0 aromatic heterocycles. The minimum absolute atomic E-state index is 0.0220. The Hall–Kier alpha value is -1.45. The average Bonchev–Trinajstić information content (AvgIpc) is 1.82. The van der Waals surface area contributed by atoms with Crippen LogP contribution in [0.3, 0.4) is 0 Å². The molecule has 64 valence electrons. The number of hydrogen-bond donors (Lipinski definition) is 1. The van der Waals surface area contributed by atoms with Crippen LogP contribution in [0.4, 0.5) is 0 Å². The van der Waals surface area contributed by atoms with Gasteiger partial charge in [0, 0.05) is 11.8 Å². The van der Waals surface area contributed by atoms with Crippen LogP contribution in [0.1, 0.15) is 13.8 Å². The smallest absolute Gasteiger partial charge is 0.327 e. The zero-order valence-electron chi connectivity index (χ0n) is 6.88. The molecular formula is C8H9NO3. The van der Waals surface area contributed by atoms with E-state index >= 15 is 0 Å². The van der Waals surface area contributed by atoms with Crippen molar-refractivity contribution in [3.8, 4) is 0 Å². The minimum atomic E-state index is -1.02. The van der Waals surface area contributed by atoms with Crippen LogP contribution in [0.5, 0.6) is 0 Å². The fourth-order valence-corrected chi connectivity index (χ4v) is 1.04. The van der Waals surface area contributed by atoms with Gasteiger partial charge in [0.15, 0.2) is 11.7 Å². The standard InChI is InChI=1S/C8H9NO3/c1-4-3-6(10)7(5(2)9)8(11)12-4/h3,7,9H,1-2H3/t7-/m0/s1. The molecule has 1 aliphatic rings. The van der Waals surface area contributed by atoms with Crippen molar-refractivity contribution in [2.24, 2.45) is 5.92 Å². The van der Waals surface area contributed by atoms with Crippen molar-refractivity contribution in [2.75, 3.05) is 0 Å². The van der Waals surface area contributed by atoms with E-state index in [1.165, 1.54) is 19.9 Å². The summed E-state index contributed by atoms with van der Waals surface area (Å²) in [4.78, 5) is 22.2. The number of hydrogen-bond acceptors (Lipinski definition) is 4. The highest BCUT2D eigenvalue weighted by Gasteiger charge is 2.32. The Bertz CT molecular complexity index is 291. The van der Waals surface area contributed by atoms with E-state index in [4.69, 9.17) is 10.1 Å². The summed E-state index contributed by atoms with van der Waals surface area (Å²) in [6, 6.07) is 0. The monoisotopic (exact) mass is 167 g/mol. The molecule has 4 nitrogen and oxygen atoms in total. The summed E-state index contributed by atoms with van der Waals surface area (Å²) in [6.45, 7) is 2.95. The van der Waals surface area contributed by atoms with Crippen molar-refractivity contribution >= 4 is 17.5 Å². The third kappa shape index (κ3) is 1.42. The lowest BCUT2D eigenvalue weighted by Crippen LogP contribution is -2.33. The summed E-state index contributed by atoms with van der Waals surface area (Å²) in [7, 11) is 0. The minimum Gasteiger partial charge on any atom is -0.430 e. The van der Waals surface area contributed by atoms with Crippen molar-refractivity contribution in [3.05, 3.63) is 11.8 Å². The lowest BCUT2D eigenvalue weighted by atomic mass is 9.97. The van der Waals surface area contributed by atoms with Crippen LogP contribution in [0.25, 0.3) is 0 Å². The summed E-state index contributed by atoms with van der Waals surface area (Å²) in [5, 5.41) is 7.16. The van der Waals surface area contributed by atoms with E-state index in [0.717, 1.165) is 0 Å². The Labute approximate surface area is 69.7 Å². The Morgan fingerprint density at radius 3 is 2.58 bits per heavy atom. The van der Waals surface area contributed by atoms with Gasteiger partial charge in [-0.05, 0) is 13.8 Å². The van der Waals surface area contributed by atoms with E-state index in [1.54, 1.807) is 0 Å². The molecule has 0 aromatic rings. The maximum atomic E-state index is 11.1. The molecule has 0 unspecified atom stereocenters. The highest BCUT2D eigenvalue weighted by Crippen LogP contribution is 2.15. The Morgan fingerprint density at radius 2 is 2.17 bits per heavy atom. The molecular weight excluding hydrogens is 158 g/mol. The number of ether oxygens (including phenoxy) is 1. The highest BCUT2D eigenvalue weighted by atomic mass is 16.5. The zero-order valence-corrected chi connectivity index (χ0v) is 6.88. The van der Waals surface area contributed by atoms with Gasteiger partial charge in [0.2, 0.25) is 0 Å². The van der Waals surface area contributed by atoms with Gasteiger partial charge in [-0.1, -0.05) is 0 Å². The number of allylic oxidation sites excluding steroid dienone is 2. The third-order valence-corrected chi connectivity index (χ3v) is 1.56. The quantitative estimate of drug-likeness (QED) is 0.354. The number of rotatable bonds is 1.